The number of carbonyl (C=O) groups is 2. The molecule has 0 saturated carbocycles. The number of rotatable bonds is 2. The summed E-state index contributed by atoms with van der Waals surface area (Å²) in [6.07, 6.45) is 2.81. The predicted octanol–water partition coefficient (Wildman–Crippen LogP) is -0.443. The predicted molar refractivity (Wildman–Crippen MR) is 59.6 cm³/mol. The van der Waals surface area contributed by atoms with Gasteiger partial charge in [0.1, 0.15) is 6.04 Å². The van der Waals surface area contributed by atoms with Gasteiger partial charge in [-0.05, 0) is 26.2 Å². The number of hydrogen-bond donors (Lipinski definition) is 1. The first-order valence-electron chi connectivity index (χ1n) is 5.96. The zero-order valence-electron chi connectivity index (χ0n) is 9.69. The van der Waals surface area contributed by atoms with Crippen LogP contribution in [0.15, 0.2) is 0 Å². The van der Waals surface area contributed by atoms with Gasteiger partial charge in [0, 0.05) is 19.6 Å². The van der Waals surface area contributed by atoms with E-state index in [1.165, 1.54) is 0 Å². The van der Waals surface area contributed by atoms with Crippen molar-refractivity contribution in [3.05, 3.63) is 0 Å². The van der Waals surface area contributed by atoms with E-state index in [9.17, 15) is 9.59 Å². The van der Waals surface area contributed by atoms with Gasteiger partial charge in [-0.15, -0.1) is 0 Å². The topological polar surface area (TPSA) is 66.6 Å². The molecule has 0 unspecified atom stereocenters. The Bertz CT molecular complexity index is 300. The Balaban J connectivity index is 1.98. The molecule has 2 saturated heterocycles. The van der Waals surface area contributed by atoms with Gasteiger partial charge in [-0.3, -0.25) is 9.59 Å². The molecule has 90 valence electrons. The zero-order valence-corrected chi connectivity index (χ0v) is 9.69. The Kier molecular flexibility index (Phi) is 3.14. The molecule has 5 nitrogen and oxygen atoms in total. The Morgan fingerprint density at radius 3 is 2.50 bits per heavy atom. The second kappa shape index (κ2) is 4.41. The highest BCUT2D eigenvalue weighted by Gasteiger charge is 2.36. The van der Waals surface area contributed by atoms with Crippen LogP contribution < -0.4 is 5.73 Å². The first kappa shape index (κ1) is 11.4. The third-order valence-corrected chi connectivity index (χ3v) is 3.52. The van der Waals surface area contributed by atoms with E-state index >= 15 is 0 Å². The average molecular weight is 225 g/mol. The molecule has 0 aliphatic carbocycles. The fraction of sp³-hybridized carbons (Fsp3) is 0.818. The minimum absolute atomic E-state index is 0.0694. The molecular weight excluding hydrogens is 206 g/mol. The lowest BCUT2D eigenvalue weighted by atomic mass is 10.2. The van der Waals surface area contributed by atoms with Gasteiger partial charge in [0.2, 0.25) is 11.8 Å². The van der Waals surface area contributed by atoms with E-state index in [-0.39, 0.29) is 17.9 Å². The molecule has 0 aromatic carbocycles. The van der Waals surface area contributed by atoms with E-state index in [4.69, 9.17) is 5.73 Å². The lowest BCUT2D eigenvalue weighted by molar-refractivity contribution is -0.142. The number of nitrogens with two attached hydrogens (primary N) is 1. The monoisotopic (exact) mass is 225 g/mol. The zero-order chi connectivity index (χ0) is 11.7. The maximum absolute atomic E-state index is 12.1. The summed E-state index contributed by atoms with van der Waals surface area (Å²) in [6.45, 7) is 4.08. The molecule has 2 fully saturated rings. The van der Waals surface area contributed by atoms with Gasteiger partial charge in [0.05, 0.1) is 6.04 Å². The highest BCUT2D eigenvalue weighted by atomic mass is 16.2. The molecule has 0 spiro atoms. The molecule has 2 rings (SSSR count). The summed E-state index contributed by atoms with van der Waals surface area (Å²) in [4.78, 5) is 27.2. The van der Waals surface area contributed by atoms with Crippen molar-refractivity contribution < 1.29 is 9.59 Å². The summed E-state index contributed by atoms with van der Waals surface area (Å²) >= 11 is 0. The quantitative estimate of drug-likeness (QED) is 0.692. The smallest absolute Gasteiger partial charge is 0.245 e. The fourth-order valence-corrected chi connectivity index (χ4v) is 2.44. The summed E-state index contributed by atoms with van der Waals surface area (Å²) in [6, 6.07) is -0.757. The van der Waals surface area contributed by atoms with Gasteiger partial charge in [0.25, 0.3) is 0 Å². The van der Waals surface area contributed by atoms with E-state index in [1.807, 2.05) is 4.90 Å². The Labute approximate surface area is 95.6 Å². The molecule has 0 aromatic rings. The van der Waals surface area contributed by atoms with Crippen LogP contribution in [-0.2, 0) is 9.59 Å². The molecule has 2 atom stereocenters. The van der Waals surface area contributed by atoms with Crippen LogP contribution in [0, 0.1) is 0 Å². The van der Waals surface area contributed by atoms with Crippen LogP contribution in [0.2, 0.25) is 0 Å². The van der Waals surface area contributed by atoms with E-state index < -0.39 is 6.04 Å². The maximum atomic E-state index is 12.1. The van der Waals surface area contributed by atoms with Crippen LogP contribution in [0.3, 0.4) is 0 Å². The van der Waals surface area contributed by atoms with Crippen molar-refractivity contribution in [1.29, 1.82) is 0 Å². The van der Waals surface area contributed by atoms with Crippen LogP contribution >= 0.6 is 0 Å². The van der Waals surface area contributed by atoms with Crippen LogP contribution in [0.1, 0.15) is 26.2 Å². The average Bonchev–Trinajstić information content (AvgIpc) is 2.89. The van der Waals surface area contributed by atoms with Crippen LogP contribution in [0.5, 0.6) is 0 Å². The second-order valence-corrected chi connectivity index (χ2v) is 4.64. The molecule has 0 bridgehead atoms. The van der Waals surface area contributed by atoms with E-state index in [2.05, 4.69) is 0 Å². The molecule has 2 N–H and O–H groups in total. The van der Waals surface area contributed by atoms with E-state index in [0.717, 1.165) is 25.9 Å². The van der Waals surface area contributed by atoms with Gasteiger partial charge in [0.15, 0.2) is 0 Å². The van der Waals surface area contributed by atoms with Gasteiger partial charge in [-0.25, -0.2) is 0 Å². The van der Waals surface area contributed by atoms with Gasteiger partial charge in [-0.1, -0.05) is 0 Å². The van der Waals surface area contributed by atoms with Crippen molar-refractivity contribution in [2.75, 3.05) is 19.6 Å². The van der Waals surface area contributed by atoms with E-state index in [1.54, 1.807) is 11.8 Å². The summed E-state index contributed by atoms with van der Waals surface area (Å²) < 4.78 is 0. The highest BCUT2D eigenvalue weighted by molar-refractivity contribution is 5.90. The van der Waals surface area contributed by atoms with Crippen molar-refractivity contribution in [3.8, 4) is 0 Å². The Hall–Kier alpha value is -1.10. The number of hydrogen-bond acceptors (Lipinski definition) is 3. The van der Waals surface area contributed by atoms with Gasteiger partial charge < -0.3 is 15.5 Å². The van der Waals surface area contributed by atoms with Crippen molar-refractivity contribution in [2.24, 2.45) is 5.73 Å². The molecule has 0 radical (unpaired) electrons. The molecule has 5 heteroatoms. The summed E-state index contributed by atoms with van der Waals surface area (Å²) in [5.74, 6) is -0.0139. The summed E-state index contributed by atoms with van der Waals surface area (Å²) in [5.41, 5.74) is 5.64. The molecule has 2 amide bonds. The van der Waals surface area contributed by atoms with Crippen molar-refractivity contribution in [1.82, 2.24) is 9.80 Å². The number of carbonyl (C=O) groups excluding carboxylic acids is 2. The van der Waals surface area contributed by atoms with Crippen LogP contribution in [0.25, 0.3) is 0 Å². The van der Waals surface area contributed by atoms with Gasteiger partial charge >= 0.3 is 0 Å². The summed E-state index contributed by atoms with van der Waals surface area (Å²) in [5, 5.41) is 0. The normalized spacial score (nSPS) is 27.6. The highest BCUT2D eigenvalue weighted by Crippen LogP contribution is 2.17. The molecule has 2 aliphatic heterocycles. The Morgan fingerprint density at radius 1 is 1.38 bits per heavy atom. The molecule has 2 heterocycles. The van der Waals surface area contributed by atoms with Gasteiger partial charge in [-0.2, -0.15) is 0 Å². The maximum Gasteiger partial charge on any atom is 0.245 e. The van der Waals surface area contributed by atoms with Crippen molar-refractivity contribution in [2.45, 2.75) is 38.3 Å². The van der Waals surface area contributed by atoms with Crippen LogP contribution in [-0.4, -0.2) is 53.3 Å². The molecular formula is C11H19N3O2. The minimum atomic E-state index is -0.408. The molecule has 0 aromatic heterocycles. The molecule has 16 heavy (non-hydrogen) atoms. The second-order valence-electron chi connectivity index (χ2n) is 4.64. The largest absolute Gasteiger partial charge is 0.341 e. The standard InChI is InChI=1S/C11H19N3O2/c1-8(10(15)13-5-2-3-6-13)14-7-4-9(12)11(14)16/h8-9H,2-7,12H2,1H3/t8-,9-/m0/s1. The fourth-order valence-electron chi connectivity index (χ4n) is 2.44. The van der Waals surface area contributed by atoms with Crippen molar-refractivity contribution >= 4 is 11.8 Å². The SMILES string of the molecule is C[C@@H](C(=O)N1CCCC1)N1CC[C@H](N)C1=O. The molecule has 2 aliphatic rings. The minimum Gasteiger partial charge on any atom is -0.341 e. The number of likely N-dealkylation sites (tertiary alicyclic amines) is 2. The lowest BCUT2D eigenvalue weighted by Crippen LogP contribution is -2.48. The number of amides is 2. The van der Waals surface area contributed by atoms with Crippen LogP contribution in [0.4, 0.5) is 0 Å². The third kappa shape index (κ3) is 1.91. The number of nitrogens with zero attached hydrogens (tertiary/aromatic N) is 2. The first-order valence-corrected chi connectivity index (χ1v) is 5.96. The van der Waals surface area contributed by atoms with Crippen molar-refractivity contribution in [3.63, 3.8) is 0 Å². The lowest BCUT2D eigenvalue weighted by Gasteiger charge is -2.27. The summed E-state index contributed by atoms with van der Waals surface area (Å²) in [7, 11) is 0. The third-order valence-electron chi connectivity index (χ3n) is 3.52. The first-order chi connectivity index (χ1) is 7.61. The Morgan fingerprint density at radius 2 is 2.00 bits per heavy atom. The van der Waals surface area contributed by atoms with E-state index in [0.29, 0.717) is 13.0 Å².